The number of aliphatic imine (C=N–C) groups is 1. The molecule has 2 aliphatic heterocycles. The van der Waals surface area contributed by atoms with Crippen LogP contribution >= 0.6 is 0 Å². The molecular weight excluding hydrogens is 475 g/mol. The first-order valence-corrected chi connectivity index (χ1v) is 12.0. The van der Waals surface area contributed by atoms with E-state index in [-0.39, 0.29) is 24.4 Å². The predicted octanol–water partition coefficient (Wildman–Crippen LogP) is 3.25. The maximum Gasteiger partial charge on any atom is 0.270 e. The molecule has 2 aliphatic rings. The van der Waals surface area contributed by atoms with E-state index in [2.05, 4.69) is 10.3 Å². The average Bonchev–Trinajstić information content (AvgIpc) is 3.41. The topological polar surface area (TPSA) is 116 Å². The van der Waals surface area contributed by atoms with Gasteiger partial charge in [-0.1, -0.05) is 0 Å². The fourth-order valence-corrected chi connectivity index (χ4v) is 4.70. The minimum absolute atomic E-state index is 0.0932. The Hall–Kier alpha value is -4.27. The maximum atomic E-state index is 13.5. The number of ether oxygens (including phenoxy) is 2. The highest BCUT2D eigenvalue weighted by Gasteiger charge is 2.43. The number of nitrogens with two attached hydrogens (primary N) is 1. The van der Waals surface area contributed by atoms with Crippen LogP contribution in [0.15, 0.2) is 53.5 Å². The minimum Gasteiger partial charge on any atom is -0.497 e. The first kappa shape index (κ1) is 24.4. The van der Waals surface area contributed by atoms with E-state index in [1.165, 1.54) is 12.1 Å². The van der Waals surface area contributed by atoms with E-state index < -0.39 is 11.3 Å². The van der Waals surface area contributed by atoms with Crippen molar-refractivity contribution in [2.45, 2.75) is 31.7 Å². The SMILES string of the molecule is COc1ccc2c(c1)C(C)N=C2C(=O)NCCc1cc2c(c(-c3ccc(F)cc3)n1)OC[C@]2(C)C(N)=O. The molecule has 0 bridgehead atoms. The molecule has 1 unspecified atom stereocenters. The van der Waals surface area contributed by atoms with Gasteiger partial charge in [-0.2, -0.15) is 0 Å². The minimum atomic E-state index is -1.02. The number of carbonyl (C=O) groups is 2. The summed E-state index contributed by atoms with van der Waals surface area (Å²) >= 11 is 0. The Morgan fingerprint density at radius 3 is 2.68 bits per heavy atom. The first-order chi connectivity index (χ1) is 17.7. The number of hydrogen-bond acceptors (Lipinski definition) is 6. The van der Waals surface area contributed by atoms with E-state index in [4.69, 9.17) is 20.2 Å². The molecule has 5 rings (SSSR count). The van der Waals surface area contributed by atoms with Gasteiger partial charge in [0.15, 0.2) is 0 Å². The lowest BCUT2D eigenvalue weighted by atomic mass is 9.83. The molecule has 190 valence electrons. The highest BCUT2D eigenvalue weighted by Crippen LogP contribution is 2.44. The molecule has 2 aromatic carbocycles. The van der Waals surface area contributed by atoms with Crippen molar-refractivity contribution in [3.63, 3.8) is 0 Å². The van der Waals surface area contributed by atoms with Gasteiger partial charge in [-0.15, -0.1) is 0 Å². The number of methoxy groups -OCH3 is 1. The lowest BCUT2D eigenvalue weighted by molar-refractivity contribution is -0.123. The van der Waals surface area contributed by atoms with Crippen molar-refractivity contribution in [2.75, 3.05) is 20.3 Å². The monoisotopic (exact) mass is 502 g/mol. The van der Waals surface area contributed by atoms with Gasteiger partial charge < -0.3 is 20.5 Å². The smallest absolute Gasteiger partial charge is 0.270 e. The number of amides is 2. The van der Waals surface area contributed by atoms with E-state index in [9.17, 15) is 14.0 Å². The number of primary amides is 1. The quantitative estimate of drug-likeness (QED) is 0.515. The second-order valence-corrected chi connectivity index (χ2v) is 9.44. The van der Waals surface area contributed by atoms with Crippen molar-refractivity contribution < 1.29 is 23.5 Å². The van der Waals surface area contributed by atoms with E-state index in [1.807, 2.05) is 25.1 Å². The number of nitrogens with one attached hydrogen (secondary N) is 1. The number of benzene rings is 2. The molecule has 0 fully saturated rings. The number of hydrogen-bond donors (Lipinski definition) is 2. The summed E-state index contributed by atoms with van der Waals surface area (Å²) in [5.41, 5.74) is 9.23. The van der Waals surface area contributed by atoms with Gasteiger partial charge in [0.2, 0.25) is 5.91 Å². The number of pyridine rings is 1. The van der Waals surface area contributed by atoms with Crippen molar-refractivity contribution in [3.05, 3.63) is 76.7 Å². The van der Waals surface area contributed by atoms with E-state index >= 15 is 0 Å². The Bertz CT molecular complexity index is 1440. The Morgan fingerprint density at radius 2 is 1.97 bits per heavy atom. The van der Waals surface area contributed by atoms with Gasteiger partial charge in [0, 0.05) is 35.3 Å². The average molecular weight is 503 g/mol. The van der Waals surface area contributed by atoms with Crippen LogP contribution in [-0.4, -0.2) is 42.8 Å². The zero-order valence-corrected chi connectivity index (χ0v) is 20.8. The zero-order chi connectivity index (χ0) is 26.3. The largest absolute Gasteiger partial charge is 0.497 e. The Kier molecular flexibility index (Phi) is 6.15. The number of rotatable bonds is 7. The standard InChI is InChI=1S/C28H27FN4O4/c1-15-21-13-19(36-3)8-9-20(21)24(32-15)26(34)31-11-10-18-12-22-25(37-14-28(22,2)27(30)35)23(33-18)16-4-6-17(29)7-5-16/h4-9,12-13,15H,10-11,14H2,1-3H3,(H2,30,35)(H,31,34)/t15?,28-/m0/s1. The van der Waals surface area contributed by atoms with Crippen LogP contribution in [-0.2, 0) is 21.4 Å². The summed E-state index contributed by atoms with van der Waals surface area (Å²) < 4.78 is 24.7. The predicted molar refractivity (Wildman–Crippen MR) is 136 cm³/mol. The van der Waals surface area contributed by atoms with Crippen molar-refractivity contribution in [1.82, 2.24) is 10.3 Å². The van der Waals surface area contributed by atoms with Crippen LogP contribution in [0.5, 0.6) is 11.5 Å². The summed E-state index contributed by atoms with van der Waals surface area (Å²) in [4.78, 5) is 34.6. The highest BCUT2D eigenvalue weighted by molar-refractivity contribution is 6.46. The molecule has 0 radical (unpaired) electrons. The van der Waals surface area contributed by atoms with Crippen LogP contribution < -0.4 is 20.5 Å². The summed E-state index contributed by atoms with van der Waals surface area (Å²) in [6.07, 6.45) is 0.389. The zero-order valence-electron chi connectivity index (χ0n) is 20.8. The van der Waals surface area contributed by atoms with E-state index in [0.29, 0.717) is 52.7 Å². The summed E-state index contributed by atoms with van der Waals surface area (Å²) in [6, 6.07) is 13.1. The number of halogens is 1. The normalized spacial score (nSPS) is 19.5. The second kappa shape index (κ2) is 9.31. The summed E-state index contributed by atoms with van der Waals surface area (Å²) in [6.45, 7) is 4.05. The van der Waals surface area contributed by atoms with Crippen LogP contribution in [0.25, 0.3) is 11.3 Å². The second-order valence-electron chi connectivity index (χ2n) is 9.44. The molecule has 9 heteroatoms. The molecule has 1 aromatic heterocycles. The lowest BCUT2D eigenvalue weighted by Gasteiger charge is -2.19. The van der Waals surface area contributed by atoms with Gasteiger partial charge in [0.25, 0.3) is 5.91 Å². The van der Waals surface area contributed by atoms with E-state index in [1.54, 1.807) is 32.2 Å². The Morgan fingerprint density at radius 1 is 1.22 bits per heavy atom. The van der Waals surface area contributed by atoms with Crippen molar-refractivity contribution >= 4 is 17.5 Å². The summed E-state index contributed by atoms with van der Waals surface area (Å²) in [5, 5.41) is 2.93. The van der Waals surface area contributed by atoms with Crippen LogP contribution in [0.2, 0.25) is 0 Å². The first-order valence-electron chi connectivity index (χ1n) is 12.0. The van der Waals surface area contributed by atoms with Crippen molar-refractivity contribution in [2.24, 2.45) is 10.7 Å². The number of fused-ring (bicyclic) bond motifs is 2. The maximum absolute atomic E-state index is 13.5. The molecule has 2 amide bonds. The van der Waals surface area contributed by atoms with E-state index in [0.717, 1.165) is 11.1 Å². The van der Waals surface area contributed by atoms with Crippen molar-refractivity contribution in [1.29, 1.82) is 0 Å². The van der Waals surface area contributed by atoms with Gasteiger partial charge in [-0.05, 0) is 67.9 Å². The molecule has 3 aromatic rings. The van der Waals surface area contributed by atoms with Crippen LogP contribution in [0.4, 0.5) is 4.39 Å². The van der Waals surface area contributed by atoms with Crippen molar-refractivity contribution in [3.8, 4) is 22.8 Å². The van der Waals surface area contributed by atoms with Gasteiger partial charge in [-0.25, -0.2) is 9.37 Å². The van der Waals surface area contributed by atoms with Gasteiger partial charge >= 0.3 is 0 Å². The number of nitrogens with zero attached hydrogens (tertiary/aromatic N) is 2. The number of carbonyl (C=O) groups excluding carboxylic acids is 2. The molecule has 0 saturated heterocycles. The molecule has 0 saturated carbocycles. The van der Waals surface area contributed by atoms with Crippen LogP contribution in [0.1, 0.15) is 42.3 Å². The van der Waals surface area contributed by atoms with Crippen LogP contribution in [0, 0.1) is 5.82 Å². The Labute approximate surface area is 213 Å². The van der Waals surface area contributed by atoms with Gasteiger partial charge in [0.1, 0.15) is 40.7 Å². The molecule has 3 N–H and O–H groups in total. The molecule has 37 heavy (non-hydrogen) atoms. The van der Waals surface area contributed by atoms with Gasteiger partial charge in [0.05, 0.1) is 13.2 Å². The summed E-state index contributed by atoms with van der Waals surface area (Å²) in [5.74, 6) is 0.0220. The number of aromatic nitrogens is 1. The highest BCUT2D eigenvalue weighted by atomic mass is 19.1. The van der Waals surface area contributed by atoms with Gasteiger partial charge in [-0.3, -0.25) is 14.6 Å². The fraction of sp³-hybridized carbons (Fsp3) is 0.286. The lowest BCUT2D eigenvalue weighted by Crippen LogP contribution is -2.39. The molecule has 0 spiro atoms. The third-order valence-electron chi connectivity index (χ3n) is 6.96. The third-order valence-corrected chi connectivity index (χ3v) is 6.96. The molecule has 0 aliphatic carbocycles. The Balaban J connectivity index is 1.38. The molecular formula is C28H27FN4O4. The third kappa shape index (κ3) is 4.30. The fourth-order valence-electron chi connectivity index (χ4n) is 4.70. The summed E-state index contributed by atoms with van der Waals surface area (Å²) in [7, 11) is 1.60. The molecule has 3 heterocycles. The van der Waals surface area contributed by atoms with Crippen LogP contribution in [0.3, 0.4) is 0 Å². The molecule has 8 nitrogen and oxygen atoms in total. The molecule has 2 atom stereocenters.